The average Bonchev–Trinajstić information content (AvgIpc) is 2.68. The minimum atomic E-state index is 0.263. The Morgan fingerprint density at radius 2 is 2.23 bits per heavy atom. The SMILES string of the molecule is NC(c1cccs1)C1C2COCC21. The molecule has 1 aromatic rings. The summed E-state index contributed by atoms with van der Waals surface area (Å²) in [5.41, 5.74) is 6.19. The maximum atomic E-state index is 6.19. The van der Waals surface area contributed by atoms with Crippen LogP contribution in [0.15, 0.2) is 17.5 Å². The molecule has 0 spiro atoms. The van der Waals surface area contributed by atoms with E-state index in [0.29, 0.717) is 5.92 Å². The highest BCUT2D eigenvalue weighted by Crippen LogP contribution is 2.56. The Kier molecular flexibility index (Phi) is 1.72. The van der Waals surface area contributed by atoms with E-state index in [1.165, 1.54) is 4.88 Å². The van der Waals surface area contributed by atoms with E-state index < -0.39 is 0 Å². The lowest BCUT2D eigenvalue weighted by atomic mass is 10.1. The Balaban J connectivity index is 1.74. The minimum Gasteiger partial charge on any atom is -0.381 e. The van der Waals surface area contributed by atoms with Gasteiger partial charge in [0, 0.05) is 10.9 Å². The first-order chi connectivity index (χ1) is 6.38. The van der Waals surface area contributed by atoms with Gasteiger partial charge in [0.1, 0.15) is 0 Å². The molecule has 3 rings (SSSR count). The number of hydrogen-bond acceptors (Lipinski definition) is 3. The van der Waals surface area contributed by atoms with Gasteiger partial charge in [0.25, 0.3) is 0 Å². The van der Waals surface area contributed by atoms with E-state index in [9.17, 15) is 0 Å². The van der Waals surface area contributed by atoms with Gasteiger partial charge in [-0.2, -0.15) is 0 Å². The molecular formula is C10H13NOS. The lowest BCUT2D eigenvalue weighted by molar-refractivity contribution is 0.146. The third kappa shape index (κ3) is 1.15. The predicted octanol–water partition coefficient (Wildman–Crippen LogP) is 1.64. The van der Waals surface area contributed by atoms with Crippen LogP contribution in [0, 0.1) is 17.8 Å². The summed E-state index contributed by atoms with van der Waals surface area (Å²) in [6.07, 6.45) is 0. The number of fused-ring (bicyclic) bond motifs is 1. The molecule has 1 saturated heterocycles. The van der Waals surface area contributed by atoms with Crippen LogP contribution >= 0.6 is 11.3 Å². The van der Waals surface area contributed by atoms with E-state index in [-0.39, 0.29) is 6.04 Å². The fourth-order valence-corrected chi connectivity index (χ4v) is 3.27. The molecule has 70 valence electrons. The zero-order valence-electron chi connectivity index (χ0n) is 7.35. The standard InChI is InChI=1S/C10H13NOS/c11-10(8-2-1-3-13-8)9-6-4-12-5-7(6)9/h1-3,6-7,9-10H,4-5,11H2. The van der Waals surface area contributed by atoms with Gasteiger partial charge in [-0.05, 0) is 29.2 Å². The number of hydrogen-bond donors (Lipinski definition) is 1. The maximum absolute atomic E-state index is 6.19. The van der Waals surface area contributed by atoms with E-state index in [4.69, 9.17) is 10.5 Å². The molecule has 2 heterocycles. The lowest BCUT2D eigenvalue weighted by Gasteiger charge is -2.11. The first kappa shape index (κ1) is 7.97. The van der Waals surface area contributed by atoms with Crippen molar-refractivity contribution in [1.29, 1.82) is 0 Å². The molecule has 1 aliphatic carbocycles. The van der Waals surface area contributed by atoms with Gasteiger partial charge in [-0.1, -0.05) is 6.07 Å². The first-order valence-corrected chi connectivity index (χ1v) is 5.62. The lowest BCUT2D eigenvalue weighted by Crippen LogP contribution is -2.16. The smallest absolute Gasteiger partial charge is 0.0501 e. The van der Waals surface area contributed by atoms with E-state index in [0.717, 1.165) is 25.0 Å². The van der Waals surface area contributed by atoms with Crippen molar-refractivity contribution in [2.75, 3.05) is 13.2 Å². The van der Waals surface area contributed by atoms with Crippen LogP contribution in [-0.2, 0) is 4.74 Å². The molecule has 3 atom stereocenters. The second-order valence-electron chi connectivity index (χ2n) is 3.98. The third-order valence-electron chi connectivity index (χ3n) is 3.30. The third-order valence-corrected chi connectivity index (χ3v) is 4.28. The molecule has 13 heavy (non-hydrogen) atoms. The highest BCUT2D eigenvalue weighted by molar-refractivity contribution is 7.10. The quantitative estimate of drug-likeness (QED) is 0.778. The summed E-state index contributed by atoms with van der Waals surface area (Å²) in [4.78, 5) is 1.33. The number of thiophene rings is 1. The molecule has 2 nitrogen and oxygen atoms in total. The molecule has 3 heteroatoms. The van der Waals surface area contributed by atoms with Crippen LogP contribution in [0.3, 0.4) is 0 Å². The van der Waals surface area contributed by atoms with Crippen LogP contribution in [0.5, 0.6) is 0 Å². The highest BCUT2D eigenvalue weighted by Gasteiger charge is 2.56. The van der Waals surface area contributed by atoms with Crippen LogP contribution < -0.4 is 5.73 Å². The summed E-state index contributed by atoms with van der Waals surface area (Å²) in [7, 11) is 0. The Labute approximate surface area is 81.7 Å². The topological polar surface area (TPSA) is 35.2 Å². The molecule has 2 N–H and O–H groups in total. The summed E-state index contributed by atoms with van der Waals surface area (Å²) in [5, 5.41) is 2.10. The van der Waals surface area contributed by atoms with Crippen molar-refractivity contribution in [3.05, 3.63) is 22.4 Å². The minimum absolute atomic E-state index is 0.263. The molecule has 0 radical (unpaired) electrons. The van der Waals surface area contributed by atoms with Gasteiger partial charge in [0.2, 0.25) is 0 Å². The van der Waals surface area contributed by atoms with Gasteiger partial charge >= 0.3 is 0 Å². The molecule has 0 bridgehead atoms. The van der Waals surface area contributed by atoms with Crippen molar-refractivity contribution in [3.8, 4) is 0 Å². The van der Waals surface area contributed by atoms with Gasteiger partial charge in [-0.15, -0.1) is 11.3 Å². The average molecular weight is 195 g/mol. The van der Waals surface area contributed by atoms with E-state index in [1.807, 2.05) is 0 Å². The fraction of sp³-hybridized carbons (Fsp3) is 0.600. The number of nitrogens with two attached hydrogens (primary N) is 1. The summed E-state index contributed by atoms with van der Waals surface area (Å²) >= 11 is 1.77. The van der Waals surface area contributed by atoms with Crippen LogP contribution in [-0.4, -0.2) is 13.2 Å². The maximum Gasteiger partial charge on any atom is 0.0501 e. The molecule has 2 fully saturated rings. The van der Waals surface area contributed by atoms with Gasteiger partial charge in [-0.25, -0.2) is 0 Å². The zero-order valence-corrected chi connectivity index (χ0v) is 8.17. The van der Waals surface area contributed by atoms with Crippen molar-refractivity contribution in [2.24, 2.45) is 23.5 Å². The fourth-order valence-electron chi connectivity index (χ4n) is 2.49. The van der Waals surface area contributed by atoms with E-state index >= 15 is 0 Å². The molecule has 1 saturated carbocycles. The Bertz CT molecular complexity index is 288. The summed E-state index contributed by atoms with van der Waals surface area (Å²) < 4.78 is 5.35. The normalized spacial score (nSPS) is 38.7. The molecule has 1 aliphatic heterocycles. The van der Waals surface area contributed by atoms with Crippen LogP contribution in [0.1, 0.15) is 10.9 Å². The summed E-state index contributed by atoms with van der Waals surface area (Å²) in [6, 6.07) is 4.48. The second kappa shape index (κ2) is 2.80. The van der Waals surface area contributed by atoms with Crippen LogP contribution in [0.25, 0.3) is 0 Å². The summed E-state index contributed by atoms with van der Waals surface area (Å²) in [6.45, 7) is 1.88. The van der Waals surface area contributed by atoms with E-state index in [2.05, 4.69) is 17.5 Å². The molecule has 2 aliphatic rings. The van der Waals surface area contributed by atoms with E-state index in [1.54, 1.807) is 11.3 Å². The van der Waals surface area contributed by atoms with Crippen molar-refractivity contribution in [3.63, 3.8) is 0 Å². The highest BCUT2D eigenvalue weighted by atomic mass is 32.1. The molecule has 3 unspecified atom stereocenters. The second-order valence-corrected chi connectivity index (χ2v) is 4.96. The van der Waals surface area contributed by atoms with Crippen molar-refractivity contribution >= 4 is 11.3 Å². The number of ether oxygens (including phenoxy) is 1. The zero-order chi connectivity index (χ0) is 8.84. The van der Waals surface area contributed by atoms with Gasteiger partial charge in [0.05, 0.1) is 13.2 Å². The molecule has 1 aromatic heterocycles. The Hall–Kier alpha value is -0.380. The monoisotopic (exact) mass is 195 g/mol. The Morgan fingerprint density at radius 3 is 2.85 bits per heavy atom. The largest absolute Gasteiger partial charge is 0.381 e. The van der Waals surface area contributed by atoms with Crippen molar-refractivity contribution in [1.82, 2.24) is 0 Å². The predicted molar refractivity (Wildman–Crippen MR) is 52.5 cm³/mol. The van der Waals surface area contributed by atoms with Crippen molar-refractivity contribution in [2.45, 2.75) is 6.04 Å². The van der Waals surface area contributed by atoms with Gasteiger partial charge < -0.3 is 10.5 Å². The summed E-state index contributed by atoms with van der Waals surface area (Å²) in [5.74, 6) is 2.22. The first-order valence-electron chi connectivity index (χ1n) is 4.74. The number of rotatable bonds is 2. The molecule has 0 aromatic carbocycles. The Morgan fingerprint density at radius 1 is 1.46 bits per heavy atom. The molecule has 0 amide bonds. The van der Waals surface area contributed by atoms with Gasteiger partial charge in [0.15, 0.2) is 0 Å². The molecular weight excluding hydrogens is 182 g/mol. The van der Waals surface area contributed by atoms with Crippen LogP contribution in [0.4, 0.5) is 0 Å². The van der Waals surface area contributed by atoms with Crippen molar-refractivity contribution < 1.29 is 4.74 Å². The van der Waals surface area contributed by atoms with Crippen LogP contribution in [0.2, 0.25) is 0 Å². The van der Waals surface area contributed by atoms with Gasteiger partial charge in [-0.3, -0.25) is 0 Å².